The second kappa shape index (κ2) is 14.6. The maximum Gasteiger partial charge on any atom is 0.110 e. The molecule has 13 heteroatoms. The summed E-state index contributed by atoms with van der Waals surface area (Å²) in [6, 6.07) is -3.41. The molecule has 1 fully saturated rings. The van der Waals surface area contributed by atoms with Crippen molar-refractivity contribution in [2.45, 2.75) is 48.6 Å². The maximum atomic E-state index is 10.5. The molecule has 10 N–H and O–H groups in total. The van der Waals surface area contributed by atoms with Crippen molar-refractivity contribution in [3.63, 3.8) is 0 Å². The van der Waals surface area contributed by atoms with Crippen LogP contribution in [-0.4, -0.2) is 175 Å². The highest BCUT2D eigenvalue weighted by Crippen LogP contribution is 2.25. The largest absolute Gasteiger partial charge is 0.395 e. The Labute approximate surface area is 181 Å². The van der Waals surface area contributed by atoms with Crippen molar-refractivity contribution in [2.24, 2.45) is 0 Å². The monoisotopic (exact) mass is 458 g/mol. The molecule has 1 aliphatic rings. The van der Waals surface area contributed by atoms with Crippen molar-refractivity contribution in [1.29, 1.82) is 0 Å². The molecule has 0 aliphatic carbocycles. The van der Waals surface area contributed by atoms with Crippen LogP contribution in [0.2, 0.25) is 0 Å². The molecule has 4 atom stereocenters. The molecule has 1 saturated heterocycles. The average molecular weight is 459 g/mol. The van der Waals surface area contributed by atoms with E-state index in [1.165, 1.54) is 9.80 Å². The first-order chi connectivity index (χ1) is 14.9. The van der Waals surface area contributed by atoms with Crippen molar-refractivity contribution in [2.75, 3.05) is 65.9 Å². The summed E-state index contributed by atoms with van der Waals surface area (Å²) in [7, 11) is 0. The van der Waals surface area contributed by atoms with Gasteiger partial charge in [0.1, 0.15) is 12.2 Å². The molecule has 13 nitrogen and oxygen atoms in total. The van der Waals surface area contributed by atoms with E-state index >= 15 is 0 Å². The zero-order valence-electron chi connectivity index (χ0n) is 17.5. The van der Waals surface area contributed by atoms with E-state index in [4.69, 9.17) is 4.74 Å². The molecule has 1 aliphatic heterocycles. The summed E-state index contributed by atoms with van der Waals surface area (Å²) >= 11 is 0. The minimum Gasteiger partial charge on any atom is -0.395 e. The first kappa shape index (κ1) is 28.5. The van der Waals surface area contributed by atoms with Crippen LogP contribution in [0, 0.1) is 0 Å². The fraction of sp³-hybridized carbons (Fsp3) is 1.00. The molecule has 1 heterocycles. The smallest absolute Gasteiger partial charge is 0.110 e. The number of nitrogens with zero attached hydrogens (tertiary/aromatic N) is 2. The Balaban J connectivity index is 3.01. The molecular formula is C18H38N2O11. The molecule has 0 amide bonds. The number of rotatable bonds is 16. The van der Waals surface area contributed by atoms with Crippen LogP contribution in [0.4, 0.5) is 0 Å². The fourth-order valence-electron chi connectivity index (χ4n) is 3.81. The summed E-state index contributed by atoms with van der Waals surface area (Å²) in [6.45, 7) is -4.18. The Hall–Kier alpha value is -0.520. The predicted octanol–water partition coefficient (Wildman–Crippen LogP) is -6.51. The number of ether oxygens (including phenoxy) is 1. The molecule has 1 unspecified atom stereocenters. The van der Waals surface area contributed by atoms with E-state index in [1.807, 2.05) is 0 Å². The van der Waals surface area contributed by atoms with E-state index < -0.39 is 101 Å². The van der Waals surface area contributed by atoms with E-state index in [0.717, 1.165) is 0 Å². The first-order valence-corrected chi connectivity index (χ1v) is 10.3. The number of aliphatic hydroxyl groups is 10. The van der Waals surface area contributed by atoms with Crippen molar-refractivity contribution < 1.29 is 55.8 Å². The number of hydrogen-bond donors (Lipinski definition) is 10. The van der Waals surface area contributed by atoms with Crippen LogP contribution in [0.5, 0.6) is 0 Å². The van der Waals surface area contributed by atoms with Gasteiger partial charge in [-0.1, -0.05) is 0 Å². The summed E-state index contributed by atoms with van der Waals surface area (Å²) in [4.78, 5) is 2.77. The lowest BCUT2D eigenvalue weighted by molar-refractivity contribution is -0.0752. The third kappa shape index (κ3) is 7.23. The summed E-state index contributed by atoms with van der Waals surface area (Å²) in [5.41, 5.74) is 0. The van der Waals surface area contributed by atoms with E-state index in [0.29, 0.717) is 0 Å². The topological polar surface area (TPSA) is 218 Å². The van der Waals surface area contributed by atoms with E-state index in [1.54, 1.807) is 0 Å². The molecule has 0 radical (unpaired) electrons. The molecule has 0 saturated carbocycles. The van der Waals surface area contributed by atoms with Gasteiger partial charge in [0.25, 0.3) is 0 Å². The molecule has 186 valence electrons. The van der Waals surface area contributed by atoms with E-state index in [2.05, 4.69) is 0 Å². The lowest BCUT2D eigenvalue weighted by Gasteiger charge is -2.37. The van der Waals surface area contributed by atoms with Crippen molar-refractivity contribution in [3.05, 3.63) is 0 Å². The van der Waals surface area contributed by atoms with Crippen LogP contribution < -0.4 is 0 Å². The van der Waals surface area contributed by atoms with Gasteiger partial charge in [0.2, 0.25) is 0 Å². The minimum absolute atomic E-state index is 0.140. The number of aliphatic hydroxyl groups excluding tert-OH is 10. The van der Waals surface area contributed by atoms with Gasteiger partial charge < -0.3 is 55.8 Å². The summed E-state index contributed by atoms with van der Waals surface area (Å²) in [6.07, 6.45) is -4.83. The standard InChI is InChI=1S/C18H38N2O11/c21-3-11(4-22)19(12(5-23)6-24)1-15-17(29)18(30)16(31-15)2-20(13(7-25)8-26)14(9-27)10-28/h11-18,21-30H,1-10H2/t15-,16?,17-,18+/m0/s1. The molecule has 0 aromatic carbocycles. The normalized spacial score (nSPS) is 24.8. The highest BCUT2D eigenvalue weighted by atomic mass is 16.5. The van der Waals surface area contributed by atoms with Gasteiger partial charge in [-0.15, -0.1) is 0 Å². The quantitative estimate of drug-likeness (QED) is 0.104. The van der Waals surface area contributed by atoms with Crippen molar-refractivity contribution in [1.82, 2.24) is 9.80 Å². The summed E-state index contributed by atoms with van der Waals surface area (Å²) in [5, 5.41) is 97.1. The van der Waals surface area contributed by atoms with Crippen molar-refractivity contribution in [3.8, 4) is 0 Å². The lowest BCUT2D eigenvalue weighted by Crippen LogP contribution is -2.54. The van der Waals surface area contributed by atoms with Gasteiger partial charge in [-0.25, -0.2) is 0 Å². The van der Waals surface area contributed by atoms with Gasteiger partial charge in [0, 0.05) is 13.1 Å². The Kier molecular flexibility index (Phi) is 13.4. The second-order valence-corrected chi connectivity index (χ2v) is 7.66. The van der Waals surface area contributed by atoms with Crippen LogP contribution >= 0.6 is 0 Å². The highest BCUT2D eigenvalue weighted by molar-refractivity contribution is 4.96. The summed E-state index contributed by atoms with van der Waals surface area (Å²) in [5.74, 6) is 0. The third-order valence-corrected chi connectivity index (χ3v) is 5.80. The lowest BCUT2D eigenvalue weighted by atomic mass is 10.0. The molecule has 0 bridgehead atoms. The van der Waals surface area contributed by atoms with Crippen LogP contribution in [0.25, 0.3) is 0 Å². The second-order valence-electron chi connectivity index (χ2n) is 7.66. The van der Waals surface area contributed by atoms with Crippen molar-refractivity contribution >= 4 is 0 Å². The van der Waals surface area contributed by atoms with Crippen LogP contribution in [0.3, 0.4) is 0 Å². The third-order valence-electron chi connectivity index (χ3n) is 5.80. The van der Waals surface area contributed by atoms with Gasteiger partial charge in [-0.05, 0) is 0 Å². The van der Waals surface area contributed by atoms with Crippen LogP contribution in [0.15, 0.2) is 0 Å². The molecule has 0 aromatic rings. The molecule has 31 heavy (non-hydrogen) atoms. The van der Waals surface area contributed by atoms with Crippen LogP contribution in [-0.2, 0) is 4.74 Å². The van der Waals surface area contributed by atoms with Gasteiger partial charge in [-0.2, -0.15) is 0 Å². The Morgan fingerprint density at radius 2 is 0.710 bits per heavy atom. The molecule has 0 aromatic heterocycles. The Morgan fingerprint density at radius 1 is 0.484 bits per heavy atom. The van der Waals surface area contributed by atoms with E-state index in [-0.39, 0.29) is 13.1 Å². The fourth-order valence-corrected chi connectivity index (χ4v) is 3.81. The molecule has 0 spiro atoms. The maximum absolute atomic E-state index is 10.5. The minimum atomic E-state index is -1.39. The zero-order valence-corrected chi connectivity index (χ0v) is 17.5. The van der Waals surface area contributed by atoms with E-state index in [9.17, 15) is 51.1 Å². The van der Waals surface area contributed by atoms with Gasteiger partial charge in [0.05, 0.1) is 89.2 Å². The Bertz CT molecular complexity index is 398. The first-order valence-electron chi connectivity index (χ1n) is 10.3. The van der Waals surface area contributed by atoms with Crippen LogP contribution in [0.1, 0.15) is 0 Å². The molecular weight excluding hydrogens is 420 g/mol. The highest BCUT2D eigenvalue weighted by Gasteiger charge is 2.46. The average Bonchev–Trinajstić information content (AvgIpc) is 3.04. The van der Waals surface area contributed by atoms with Gasteiger partial charge >= 0.3 is 0 Å². The summed E-state index contributed by atoms with van der Waals surface area (Å²) < 4.78 is 5.77. The predicted molar refractivity (Wildman–Crippen MR) is 106 cm³/mol. The zero-order chi connectivity index (χ0) is 23.6. The number of hydrogen-bond acceptors (Lipinski definition) is 13. The molecule has 1 rings (SSSR count). The SMILES string of the molecule is OCC(CO)N(CC1O[C@@H](CN(C(CO)CO)C(CO)CO)[C@H](O)[C@@H]1O)C(CO)CO. The van der Waals surface area contributed by atoms with Gasteiger partial charge in [-0.3, -0.25) is 9.80 Å². The van der Waals surface area contributed by atoms with Gasteiger partial charge in [0.15, 0.2) is 0 Å². The Morgan fingerprint density at radius 3 is 0.903 bits per heavy atom.